The van der Waals surface area contributed by atoms with Gasteiger partial charge in [-0.05, 0) is 37.2 Å². The predicted octanol–water partition coefficient (Wildman–Crippen LogP) is 3.04. The van der Waals surface area contributed by atoms with E-state index in [9.17, 15) is 0 Å². The highest BCUT2D eigenvalue weighted by Crippen LogP contribution is 2.50. The van der Waals surface area contributed by atoms with Crippen molar-refractivity contribution in [3.63, 3.8) is 0 Å². The van der Waals surface area contributed by atoms with Crippen LogP contribution in [0.4, 0.5) is 17.5 Å². The van der Waals surface area contributed by atoms with Crippen LogP contribution >= 0.6 is 23.4 Å². The summed E-state index contributed by atoms with van der Waals surface area (Å²) in [5.74, 6) is 2.05. The number of fused-ring (bicyclic) bond motifs is 1. The molecule has 0 unspecified atom stereocenters. The van der Waals surface area contributed by atoms with E-state index in [0.717, 1.165) is 67.7 Å². The lowest BCUT2D eigenvalue weighted by atomic mass is 9.73. The lowest BCUT2D eigenvalue weighted by molar-refractivity contribution is 0.185. The molecule has 3 aliphatic rings. The van der Waals surface area contributed by atoms with Gasteiger partial charge in [0.15, 0.2) is 5.82 Å². The van der Waals surface area contributed by atoms with Crippen LogP contribution in [0.5, 0.6) is 0 Å². The van der Waals surface area contributed by atoms with Crippen LogP contribution in [0.2, 0.25) is 5.02 Å². The Morgan fingerprint density at radius 2 is 1.94 bits per heavy atom. The minimum absolute atomic E-state index is 0.0412. The van der Waals surface area contributed by atoms with E-state index in [1.807, 2.05) is 24.0 Å². The van der Waals surface area contributed by atoms with Crippen LogP contribution in [0.3, 0.4) is 0 Å². The van der Waals surface area contributed by atoms with Crippen molar-refractivity contribution in [2.75, 3.05) is 41.7 Å². The molecule has 1 atom stereocenters. The fraction of sp³-hybridized carbons (Fsp3) is 0.478. The number of hydrogen-bond acceptors (Lipinski definition) is 9. The first-order valence-corrected chi connectivity index (χ1v) is 12.9. The molecule has 3 aromatic heterocycles. The normalized spacial score (nSPS) is 21.1. The van der Waals surface area contributed by atoms with E-state index >= 15 is 0 Å². The van der Waals surface area contributed by atoms with Gasteiger partial charge in [0.1, 0.15) is 16.7 Å². The lowest BCUT2D eigenvalue weighted by Crippen LogP contribution is -2.44. The molecular formula is C23H28ClN9S. The minimum atomic E-state index is 0.0412. The van der Waals surface area contributed by atoms with Gasteiger partial charge in [0.25, 0.3) is 0 Å². The summed E-state index contributed by atoms with van der Waals surface area (Å²) >= 11 is 8.07. The second-order valence-corrected chi connectivity index (χ2v) is 10.9. The molecule has 0 aromatic carbocycles. The van der Waals surface area contributed by atoms with E-state index in [2.05, 4.69) is 36.0 Å². The number of aryl methyl sites for hydroxylation is 1. The number of anilines is 3. The Hall–Kier alpha value is -2.56. The summed E-state index contributed by atoms with van der Waals surface area (Å²) in [4.78, 5) is 19.1. The number of piperidine rings is 1. The van der Waals surface area contributed by atoms with Gasteiger partial charge in [-0.2, -0.15) is 5.10 Å². The summed E-state index contributed by atoms with van der Waals surface area (Å²) in [6.07, 6.45) is 9.79. The van der Waals surface area contributed by atoms with Gasteiger partial charge in [0, 0.05) is 62.1 Å². The Balaban J connectivity index is 1.15. The first kappa shape index (κ1) is 21.9. The Bertz CT molecular complexity index is 1230. The van der Waals surface area contributed by atoms with Gasteiger partial charge >= 0.3 is 0 Å². The third-order valence-electron chi connectivity index (χ3n) is 7.48. The molecule has 0 radical (unpaired) electrons. The Morgan fingerprint density at radius 3 is 2.62 bits per heavy atom. The average Bonchev–Trinajstić information content (AvgIpc) is 3.26. The van der Waals surface area contributed by atoms with Crippen molar-refractivity contribution in [1.29, 1.82) is 0 Å². The van der Waals surface area contributed by atoms with E-state index < -0.39 is 0 Å². The molecule has 6 rings (SSSR count). The maximum absolute atomic E-state index is 6.68. The largest absolute Gasteiger partial charge is 0.381 e. The summed E-state index contributed by atoms with van der Waals surface area (Å²) in [6.45, 7) is 3.73. The highest BCUT2D eigenvalue weighted by atomic mass is 35.5. The molecule has 5 heterocycles. The molecule has 2 aliphatic heterocycles. The van der Waals surface area contributed by atoms with E-state index in [1.165, 1.54) is 23.7 Å². The van der Waals surface area contributed by atoms with Crippen molar-refractivity contribution in [1.82, 2.24) is 24.7 Å². The van der Waals surface area contributed by atoms with Gasteiger partial charge in [0.05, 0.1) is 16.9 Å². The first-order chi connectivity index (χ1) is 16.4. The molecule has 3 aromatic rings. The van der Waals surface area contributed by atoms with Crippen LogP contribution in [-0.4, -0.2) is 50.9 Å². The smallest absolute Gasteiger partial charge is 0.158 e. The molecule has 1 spiro atoms. The van der Waals surface area contributed by atoms with Crippen LogP contribution in [-0.2, 0) is 13.5 Å². The zero-order valence-electron chi connectivity index (χ0n) is 19.1. The number of nitrogens with two attached hydrogens (primary N) is 2. The molecule has 34 heavy (non-hydrogen) atoms. The average molecular weight is 498 g/mol. The van der Waals surface area contributed by atoms with Crippen molar-refractivity contribution in [3.05, 3.63) is 40.9 Å². The summed E-state index contributed by atoms with van der Waals surface area (Å²) in [5.41, 5.74) is 15.5. The van der Waals surface area contributed by atoms with Crippen LogP contribution in [0.1, 0.15) is 36.6 Å². The molecule has 2 fully saturated rings. The van der Waals surface area contributed by atoms with Gasteiger partial charge in [-0.1, -0.05) is 23.4 Å². The van der Waals surface area contributed by atoms with Crippen molar-refractivity contribution < 1.29 is 0 Å². The van der Waals surface area contributed by atoms with E-state index in [0.29, 0.717) is 15.9 Å². The molecule has 0 amide bonds. The zero-order valence-corrected chi connectivity index (χ0v) is 20.7. The summed E-state index contributed by atoms with van der Waals surface area (Å²) in [7, 11) is 1.96. The van der Waals surface area contributed by atoms with Gasteiger partial charge in [-0.25, -0.2) is 15.0 Å². The fourth-order valence-corrected chi connectivity index (χ4v) is 6.47. The molecule has 178 valence electrons. The number of pyridine rings is 1. The number of aromatic nitrogens is 5. The number of nitrogen functional groups attached to an aromatic ring is 1. The van der Waals surface area contributed by atoms with Crippen molar-refractivity contribution >= 4 is 40.8 Å². The Labute approximate surface area is 207 Å². The highest BCUT2D eigenvalue weighted by molar-refractivity contribution is 7.99. The molecule has 4 N–H and O–H groups in total. The third kappa shape index (κ3) is 3.59. The molecular weight excluding hydrogens is 470 g/mol. The van der Waals surface area contributed by atoms with Gasteiger partial charge in [-0.15, -0.1) is 0 Å². The van der Waals surface area contributed by atoms with Gasteiger partial charge < -0.3 is 21.3 Å². The van der Waals surface area contributed by atoms with Crippen LogP contribution in [0.25, 0.3) is 0 Å². The predicted molar refractivity (Wildman–Crippen MR) is 134 cm³/mol. The standard InChI is InChI=1S/C23H28ClN9S/c1-31-13-14-15(30-31)11-23(19(14)25)4-9-32(10-5-23)17-12-28-22(20(26)29-17)34-16-3-6-27-21(18(16)24)33-7-2-8-33/h3,6,12-13,19H,2,4-5,7-11,25H2,1H3,(H2,26,29)/t19-/m1/s1. The van der Waals surface area contributed by atoms with Gasteiger partial charge in [-0.3, -0.25) is 4.68 Å². The fourth-order valence-electron chi connectivity index (χ4n) is 5.35. The molecule has 11 heteroatoms. The quantitative estimate of drug-likeness (QED) is 0.561. The van der Waals surface area contributed by atoms with Crippen molar-refractivity contribution in [2.24, 2.45) is 18.2 Å². The Kier molecular flexibility index (Phi) is 5.34. The minimum Gasteiger partial charge on any atom is -0.381 e. The summed E-state index contributed by atoms with van der Waals surface area (Å²) < 4.78 is 1.87. The lowest BCUT2D eigenvalue weighted by Gasteiger charge is -2.42. The van der Waals surface area contributed by atoms with Crippen LogP contribution in [0, 0.1) is 5.41 Å². The monoisotopic (exact) mass is 497 g/mol. The van der Waals surface area contributed by atoms with Crippen molar-refractivity contribution in [3.8, 4) is 0 Å². The summed E-state index contributed by atoms with van der Waals surface area (Å²) in [6, 6.07) is 1.94. The highest BCUT2D eigenvalue weighted by Gasteiger charge is 2.47. The van der Waals surface area contributed by atoms with E-state index in [1.54, 1.807) is 6.20 Å². The number of hydrogen-bond donors (Lipinski definition) is 2. The van der Waals surface area contributed by atoms with E-state index in [4.69, 9.17) is 23.1 Å². The molecule has 9 nitrogen and oxygen atoms in total. The SMILES string of the molecule is Cn1cc2c(n1)CC1(CCN(c3cnc(Sc4ccnc(N5CCC5)c4Cl)c(N)n3)CC1)[C@@H]2N. The number of rotatable bonds is 4. The summed E-state index contributed by atoms with van der Waals surface area (Å²) in [5, 5.41) is 5.91. The first-order valence-electron chi connectivity index (χ1n) is 11.7. The Morgan fingerprint density at radius 1 is 1.15 bits per heavy atom. The van der Waals surface area contributed by atoms with Crippen LogP contribution < -0.4 is 21.3 Å². The van der Waals surface area contributed by atoms with Gasteiger partial charge in [0.2, 0.25) is 0 Å². The zero-order chi connectivity index (χ0) is 23.4. The topological polar surface area (TPSA) is 115 Å². The maximum atomic E-state index is 6.68. The van der Waals surface area contributed by atoms with Crippen molar-refractivity contribution in [2.45, 2.75) is 41.6 Å². The number of nitrogens with zero attached hydrogens (tertiary/aromatic N) is 7. The maximum Gasteiger partial charge on any atom is 0.158 e. The van der Waals surface area contributed by atoms with E-state index in [-0.39, 0.29) is 11.5 Å². The molecule has 2 saturated heterocycles. The third-order valence-corrected chi connectivity index (χ3v) is 9.04. The number of halogens is 1. The molecule has 0 bridgehead atoms. The van der Waals surface area contributed by atoms with Crippen LogP contribution in [0.15, 0.2) is 34.6 Å². The molecule has 1 aliphatic carbocycles. The second kappa shape index (κ2) is 8.28. The second-order valence-electron chi connectivity index (χ2n) is 9.52. The molecule has 0 saturated carbocycles.